The number of carbonyl (C=O) groups excluding carboxylic acids is 2. The van der Waals surface area contributed by atoms with Gasteiger partial charge < -0.3 is 9.64 Å². The fourth-order valence-corrected chi connectivity index (χ4v) is 2.21. The number of hydrogen-bond donors (Lipinski definition) is 0. The minimum Gasteiger partial charge on any atom is -0.468 e. The zero-order valence-corrected chi connectivity index (χ0v) is 10.9. The van der Waals surface area contributed by atoms with Gasteiger partial charge in [0.05, 0.1) is 7.11 Å². The van der Waals surface area contributed by atoms with Crippen molar-refractivity contribution in [3.8, 4) is 0 Å². The Labute approximate surface area is 103 Å². The summed E-state index contributed by atoms with van der Waals surface area (Å²) in [5.74, 6) is -0.908. The molecule has 1 aliphatic rings. The highest BCUT2D eigenvalue weighted by Crippen LogP contribution is 2.15. The number of ether oxygens (including phenoxy) is 1. The first-order valence-electron chi connectivity index (χ1n) is 6.52. The quantitative estimate of drug-likeness (QED) is 0.403. The average Bonchev–Trinajstić information content (AvgIpc) is 2.35. The highest BCUT2D eigenvalue weighted by atomic mass is 16.5. The van der Waals surface area contributed by atoms with E-state index in [1.807, 2.05) is 0 Å². The number of piperidine rings is 1. The molecule has 0 radical (unpaired) electrons. The van der Waals surface area contributed by atoms with Gasteiger partial charge in [0.25, 0.3) is 0 Å². The van der Waals surface area contributed by atoms with E-state index in [4.69, 9.17) is 0 Å². The summed E-state index contributed by atoms with van der Waals surface area (Å²) < 4.78 is 4.67. The average molecular weight is 241 g/mol. The minimum absolute atomic E-state index is 0.0293. The number of likely N-dealkylation sites (tertiary alicyclic amines) is 1. The van der Waals surface area contributed by atoms with E-state index in [0.29, 0.717) is 13.0 Å². The number of Topliss-reactive ketones (excluding diaryl/α,β-unsaturated/α-hetero) is 1. The van der Waals surface area contributed by atoms with Crippen molar-refractivity contribution in [2.24, 2.45) is 5.92 Å². The fraction of sp³-hybridized carbons (Fsp3) is 0.846. The second kappa shape index (κ2) is 7.43. The molecule has 0 amide bonds. The Morgan fingerprint density at radius 3 is 2.82 bits per heavy atom. The summed E-state index contributed by atoms with van der Waals surface area (Å²) in [7, 11) is 1.34. The van der Waals surface area contributed by atoms with E-state index in [1.165, 1.54) is 26.4 Å². The van der Waals surface area contributed by atoms with Crippen LogP contribution in [0.4, 0.5) is 0 Å². The van der Waals surface area contributed by atoms with Crippen LogP contribution in [0.1, 0.15) is 39.0 Å². The molecule has 1 atom stereocenters. The van der Waals surface area contributed by atoms with Crippen LogP contribution in [-0.4, -0.2) is 43.4 Å². The van der Waals surface area contributed by atoms with Crippen LogP contribution in [0.2, 0.25) is 0 Å². The first kappa shape index (κ1) is 14.2. The molecular formula is C13H23NO3. The van der Waals surface area contributed by atoms with Crippen LogP contribution in [0, 0.1) is 5.92 Å². The van der Waals surface area contributed by atoms with Crippen LogP contribution in [-0.2, 0) is 14.3 Å². The monoisotopic (exact) mass is 241 g/mol. The van der Waals surface area contributed by atoms with Crippen LogP contribution >= 0.6 is 0 Å². The molecule has 1 unspecified atom stereocenters. The van der Waals surface area contributed by atoms with Crippen molar-refractivity contribution >= 4 is 11.8 Å². The highest BCUT2D eigenvalue weighted by Gasteiger charge is 2.33. The lowest BCUT2D eigenvalue weighted by Crippen LogP contribution is -2.44. The predicted octanol–water partition coefficient (Wildman–Crippen LogP) is 1.63. The molecule has 1 saturated heterocycles. The van der Waals surface area contributed by atoms with Gasteiger partial charge in [0.2, 0.25) is 0 Å². The lowest BCUT2D eigenvalue weighted by Gasteiger charge is -2.30. The van der Waals surface area contributed by atoms with Crippen LogP contribution < -0.4 is 0 Å². The Hall–Kier alpha value is -0.900. The van der Waals surface area contributed by atoms with E-state index >= 15 is 0 Å². The molecule has 0 aromatic rings. The van der Waals surface area contributed by atoms with Gasteiger partial charge in [-0.2, -0.15) is 0 Å². The summed E-state index contributed by atoms with van der Waals surface area (Å²) in [4.78, 5) is 25.2. The Kier molecular flexibility index (Phi) is 6.19. The van der Waals surface area contributed by atoms with Crippen LogP contribution in [0.25, 0.3) is 0 Å². The van der Waals surface area contributed by atoms with E-state index in [1.54, 1.807) is 0 Å². The zero-order chi connectivity index (χ0) is 12.7. The maximum atomic E-state index is 11.6. The van der Waals surface area contributed by atoms with Gasteiger partial charge in [-0.1, -0.05) is 26.2 Å². The van der Waals surface area contributed by atoms with Crippen molar-refractivity contribution in [2.45, 2.75) is 39.0 Å². The SMILES string of the molecule is CCCCCCN1CCC(=O)C(C(=O)OC)C1. The molecule has 1 rings (SSSR count). The molecule has 0 saturated carbocycles. The van der Waals surface area contributed by atoms with Crippen molar-refractivity contribution in [1.82, 2.24) is 4.90 Å². The number of methoxy groups -OCH3 is 1. The molecule has 0 N–H and O–H groups in total. The number of nitrogens with zero attached hydrogens (tertiary/aromatic N) is 1. The third-order valence-corrected chi connectivity index (χ3v) is 3.32. The zero-order valence-electron chi connectivity index (χ0n) is 10.9. The second-order valence-corrected chi connectivity index (χ2v) is 4.65. The molecule has 1 fully saturated rings. The van der Waals surface area contributed by atoms with Gasteiger partial charge in [0.15, 0.2) is 0 Å². The lowest BCUT2D eigenvalue weighted by molar-refractivity contribution is -0.151. The second-order valence-electron chi connectivity index (χ2n) is 4.65. The van der Waals surface area contributed by atoms with E-state index in [2.05, 4.69) is 16.6 Å². The largest absolute Gasteiger partial charge is 0.468 e. The number of esters is 1. The fourth-order valence-electron chi connectivity index (χ4n) is 2.21. The molecule has 98 valence electrons. The normalized spacial score (nSPS) is 21.5. The van der Waals surface area contributed by atoms with Crippen molar-refractivity contribution in [2.75, 3.05) is 26.7 Å². The van der Waals surface area contributed by atoms with Crippen LogP contribution in [0.15, 0.2) is 0 Å². The first-order chi connectivity index (χ1) is 8.19. The third kappa shape index (κ3) is 4.46. The van der Waals surface area contributed by atoms with Gasteiger partial charge in [0.1, 0.15) is 11.7 Å². The maximum absolute atomic E-state index is 11.6. The third-order valence-electron chi connectivity index (χ3n) is 3.32. The summed E-state index contributed by atoms with van der Waals surface area (Å²) in [6.07, 6.45) is 5.34. The number of hydrogen-bond acceptors (Lipinski definition) is 4. The van der Waals surface area contributed by atoms with Gasteiger partial charge in [0, 0.05) is 19.5 Å². The summed E-state index contributed by atoms with van der Waals surface area (Å²) in [6.45, 7) is 4.50. The number of rotatable bonds is 6. The van der Waals surface area contributed by atoms with Gasteiger partial charge >= 0.3 is 5.97 Å². The molecule has 0 aromatic carbocycles. The van der Waals surface area contributed by atoms with Gasteiger partial charge in [-0.15, -0.1) is 0 Å². The predicted molar refractivity (Wildman–Crippen MR) is 65.7 cm³/mol. The Bertz CT molecular complexity index is 257. The van der Waals surface area contributed by atoms with Gasteiger partial charge in [-0.3, -0.25) is 9.59 Å². The highest BCUT2D eigenvalue weighted by molar-refractivity contribution is 5.99. The summed E-state index contributed by atoms with van der Waals surface area (Å²) in [6, 6.07) is 0. The van der Waals surface area contributed by atoms with Crippen molar-refractivity contribution in [3.63, 3.8) is 0 Å². The van der Waals surface area contributed by atoms with Crippen molar-refractivity contribution in [1.29, 1.82) is 0 Å². The molecule has 17 heavy (non-hydrogen) atoms. The van der Waals surface area contributed by atoms with Crippen molar-refractivity contribution in [3.05, 3.63) is 0 Å². The molecule has 0 bridgehead atoms. The van der Waals surface area contributed by atoms with Crippen LogP contribution in [0.5, 0.6) is 0 Å². The Morgan fingerprint density at radius 2 is 2.18 bits per heavy atom. The molecule has 0 aliphatic carbocycles. The Balaban J connectivity index is 2.33. The lowest BCUT2D eigenvalue weighted by atomic mass is 9.96. The summed E-state index contributed by atoms with van der Waals surface area (Å²) in [5, 5.41) is 0. The minimum atomic E-state index is -0.556. The number of carbonyl (C=O) groups is 2. The summed E-state index contributed by atoms with van der Waals surface area (Å²) in [5.41, 5.74) is 0. The molecular weight excluding hydrogens is 218 g/mol. The first-order valence-corrected chi connectivity index (χ1v) is 6.52. The van der Waals surface area contributed by atoms with E-state index in [9.17, 15) is 9.59 Å². The molecule has 4 heteroatoms. The van der Waals surface area contributed by atoms with Crippen LogP contribution in [0.3, 0.4) is 0 Å². The Morgan fingerprint density at radius 1 is 1.41 bits per heavy atom. The number of ketones is 1. The van der Waals surface area contributed by atoms with Gasteiger partial charge in [-0.25, -0.2) is 0 Å². The maximum Gasteiger partial charge on any atom is 0.317 e. The van der Waals surface area contributed by atoms with E-state index in [0.717, 1.165) is 19.5 Å². The molecule has 1 heterocycles. The molecule has 0 aromatic heterocycles. The smallest absolute Gasteiger partial charge is 0.317 e. The van der Waals surface area contributed by atoms with Crippen molar-refractivity contribution < 1.29 is 14.3 Å². The van der Waals surface area contributed by atoms with E-state index < -0.39 is 5.92 Å². The molecule has 4 nitrogen and oxygen atoms in total. The molecule has 1 aliphatic heterocycles. The topological polar surface area (TPSA) is 46.6 Å². The molecule has 0 spiro atoms. The number of unbranched alkanes of at least 4 members (excludes halogenated alkanes) is 3. The summed E-state index contributed by atoms with van der Waals surface area (Å²) >= 11 is 0. The van der Waals surface area contributed by atoms with E-state index in [-0.39, 0.29) is 11.8 Å². The van der Waals surface area contributed by atoms with Gasteiger partial charge in [-0.05, 0) is 13.0 Å². The standard InChI is InChI=1S/C13H23NO3/c1-3-4-5-6-8-14-9-7-12(15)11(10-14)13(16)17-2/h11H,3-10H2,1-2H3.